The van der Waals surface area contributed by atoms with E-state index in [2.05, 4.69) is 0 Å². The van der Waals surface area contributed by atoms with Crippen LogP contribution < -0.4 is 4.74 Å². The first-order valence-corrected chi connectivity index (χ1v) is 5.74. The molecule has 0 fully saturated rings. The van der Waals surface area contributed by atoms with Gasteiger partial charge in [0.1, 0.15) is 5.75 Å². The van der Waals surface area contributed by atoms with Gasteiger partial charge in [0.25, 0.3) is 0 Å². The van der Waals surface area contributed by atoms with E-state index in [1.165, 1.54) is 0 Å². The van der Waals surface area contributed by atoms with E-state index in [1.54, 1.807) is 25.3 Å². The second-order valence-corrected chi connectivity index (χ2v) is 4.41. The first kappa shape index (κ1) is 14.5. The van der Waals surface area contributed by atoms with Crippen LogP contribution in [-0.4, -0.2) is 37.2 Å². The highest BCUT2D eigenvalue weighted by Gasteiger charge is 2.13. The minimum absolute atomic E-state index is 0.149. The van der Waals surface area contributed by atoms with Crippen LogP contribution in [0.15, 0.2) is 30.4 Å². The average molecular weight is 270 g/mol. The second kappa shape index (κ2) is 6.42. The Kier molecular flexibility index (Phi) is 5.19. The first-order valence-electron chi connectivity index (χ1n) is 5.36. The Bertz CT molecular complexity index is 458. The number of ether oxygens (including phenoxy) is 1. The largest absolute Gasteiger partial charge is 0.495 e. The Balaban J connectivity index is 3.06. The summed E-state index contributed by atoms with van der Waals surface area (Å²) in [6.45, 7) is 0. The summed E-state index contributed by atoms with van der Waals surface area (Å²) < 4.78 is 5.08. The monoisotopic (exact) mass is 269 g/mol. The molecule has 0 bridgehead atoms. The van der Waals surface area contributed by atoms with E-state index in [-0.39, 0.29) is 6.04 Å². The molecule has 0 amide bonds. The molecule has 0 aliphatic rings. The van der Waals surface area contributed by atoms with Crippen molar-refractivity contribution in [3.8, 4) is 5.75 Å². The summed E-state index contributed by atoms with van der Waals surface area (Å²) in [6.07, 6.45) is 2.74. The van der Waals surface area contributed by atoms with Crippen LogP contribution in [0.2, 0.25) is 5.02 Å². The van der Waals surface area contributed by atoms with Crippen LogP contribution in [0, 0.1) is 0 Å². The Morgan fingerprint density at radius 2 is 2.17 bits per heavy atom. The van der Waals surface area contributed by atoms with Gasteiger partial charge in [0, 0.05) is 6.08 Å². The highest BCUT2D eigenvalue weighted by molar-refractivity contribution is 6.32. The van der Waals surface area contributed by atoms with Crippen molar-refractivity contribution in [3.05, 3.63) is 40.9 Å². The summed E-state index contributed by atoms with van der Waals surface area (Å²) in [4.78, 5) is 12.5. The SMILES string of the molecule is COc1ccc(C(/C=C/C(=O)O)N(C)C)cc1Cl. The van der Waals surface area contributed by atoms with Crippen molar-refractivity contribution >= 4 is 17.6 Å². The van der Waals surface area contributed by atoms with Gasteiger partial charge in [0.05, 0.1) is 18.2 Å². The average Bonchev–Trinajstić information content (AvgIpc) is 2.28. The van der Waals surface area contributed by atoms with Crippen LogP contribution in [0.25, 0.3) is 0 Å². The van der Waals surface area contributed by atoms with Crippen molar-refractivity contribution in [2.75, 3.05) is 21.2 Å². The van der Waals surface area contributed by atoms with Gasteiger partial charge in [-0.3, -0.25) is 4.90 Å². The van der Waals surface area contributed by atoms with Crippen LogP contribution in [0.3, 0.4) is 0 Å². The van der Waals surface area contributed by atoms with Gasteiger partial charge in [-0.25, -0.2) is 4.79 Å². The fourth-order valence-corrected chi connectivity index (χ4v) is 1.89. The molecule has 0 aliphatic heterocycles. The van der Waals surface area contributed by atoms with Crippen LogP contribution in [0.5, 0.6) is 5.75 Å². The Morgan fingerprint density at radius 3 is 2.61 bits per heavy atom. The van der Waals surface area contributed by atoms with Gasteiger partial charge in [-0.2, -0.15) is 0 Å². The van der Waals surface area contributed by atoms with E-state index >= 15 is 0 Å². The van der Waals surface area contributed by atoms with Crippen LogP contribution in [0.1, 0.15) is 11.6 Å². The van der Waals surface area contributed by atoms with Crippen molar-refractivity contribution in [2.24, 2.45) is 0 Å². The fraction of sp³-hybridized carbons (Fsp3) is 0.308. The minimum atomic E-state index is -0.971. The minimum Gasteiger partial charge on any atom is -0.495 e. The number of likely N-dealkylation sites (N-methyl/N-ethyl adjacent to an activating group) is 1. The van der Waals surface area contributed by atoms with Crippen LogP contribution in [-0.2, 0) is 4.79 Å². The first-order chi connectivity index (χ1) is 8.45. The van der Waals surface area contributed by atoms with E-state index in [9.17, 15) is 4.79 Å². The maximum absolute atomic E-state index is 10.6. The zero-order valence-electron chi connectivity index (χ0n) is 10.6. The lowest BCUT2D eigenvalue weighted by Gasteiger charge is -2.21. The van der Waals surface area contributed by atoms with E-state index in [1.807, 2.05) is 25.1 Å². The standard InChI is InChI=1S/C13H16ClNO3/c1-15(2)11(5-7-13(16)17)9-4-6-12(18-3)10(14)8-9/h4-8,11H,1-3H3,(H,16,17)/b7-5+. The molecule has 1 unspecified atom stereocenters. The Labute approximate surface area is 111 Å². The molecule has 1 N–H and O–H groups in total. The quantitative estimate of drug-likeness (QED) is 0.835. The number of nitrogens with zero attached hydrogens (tertiary/aromatic N) is 1. The van der Waals surface area contributed by atoms with Gasteiger partial charge in [-0.05, 0) is 31.8 Å². The van der Waals surface area contributed by atoms with E-state index in [4.69, 9.17) is 21.4 Å². The predicted molar refractivity (Wildman–Crippen MR) is 71.2 cm³/mol. The molecule has 0 saturated heterocycles. The van der Waals surface area contributed by atoms with Crippen molar-refractivity contribution in [1.29, 1.82) is 0 Å². The van der Waals surface area contributed by atoms with Gasteiger partial charge in [0.2, 0.25) is 0 Å². The van der Waals surface area contributed by atoms with Crippen LogP contribution in [0.4, 0.5) is 0 Å². The molecule has 0 aliphatic carbocycles. The molecular formula is C13H16ClNO3. The summed E-state index contributed by atoms with van der Waals surface area (Å²) in [5, 5.41) is 9.18. The topological polar surface area (TPSA) is 49.8 Å². The number of carbonyl (C=O) groups is 1. The van der Waals surface area contributed by atoms with Crippen molar-refractivity contribution in [2.45, 2.75) is 6.04 Å². The number of methoxy groups -OCH3 is 1. The molecule has 98 valence electrons. The molecule has 18 heavy (non-hydrogen) atoms. The molecule has 0 radical (unpaired) electrons. The van der Waals surface area contributed by atoms with Crippen molar-refractivity contribution < 1.29 is 14.6 Å². The Hall–Kier alpha value is -1.52. The van der Waals surface area contributed by atoms with Gasteiger partial charge < -0.3 is 9.84 Å². The van der Waals surface area contributed by atoms with Crippen LogP contribution >= 0.6 is 11.6 Å². The number of carboxylic acid groups (broad SMARTS) is 1. The summed E-state index contributed by atoms with van der Waals surface area (Å²) in [7, 11) is 5.29. The summed E-state index contributed by atoms with van der Waals surface area (Å²) in [6, 6.07) is 5.26. The number of hydrogen-bond acceptors (Lipinski definition) is 3. The zero-order chi connectivity index (χ0) is 13.7. The number of hydrogen-bond donors (Lipinski definition) is 1. The maximum Gasteiger partial charge on any atom is 0.328 e. The third-order valence-electron chi connectivity index (χ3n) is 2.49. The third kappa shape index (κ3) is 3.75. The number of aliphatic carboxylic acids is 1. The molecule has 1 aromatic rings. The summed E-state index contributed by atoms with van der Waals surface area (Å²) in [5.74, 6) is -0.374. The normalized spacial score (nSPS) is 12.9. The molecule has 0 heterocycles. The highest BCUT2D eigenvalue weighted by atomic mass is 35.5. The Morgan fingerprint density at radius 1 is 1.50 bits per heavy atom. The molecule has 1 aromatic carbocycles. The van der Waals surface area contributed by atoms with Crippen molar-refractivity contribution in [3.63, 3.8) is 0 Å². The van der Waals surface area contributed by atoms with Gasteiger partial charge in [0.15, 0.2) is 0 Å². The summed E-state index contributed by atoms with van der Waals surface area (Å²) in [5.41, 5.74) is 0.906. The van der Waals surface area contributed by atoms with E-state index in [0.717, 1.165) is 11.6 Å². The smallest absolute Gasteiger partial charge is 0.328 e. The number of carboxylic acids is 1. The van der Waals surface area contributed by atoms with E-state index in [0.29, 0.717) is 10.8 Å². The molecular weight excluding hydrogens is 254 g/mol. The molecule has 4 nitrogen and oxygen atoms in total. The molecule has 0 saturated carbocycles. The van der Waals surface area contributed by atoms with Crippen molar-refractivity contribution in [1.82, 2.24) is 4.90 Å². The number of benzene rings is 1. The summed E-state index contributed by atoms with van der Waals surface area (Å²) >= 11 is 6.06. The lowest BCUT2D eigenvalue weighted by Crippen LogP contribution is -2.18. The predicted octanol–water partition coefficient (Wildman–Crippen LogP) is 2.59. The second-order valence-electron chi connectivity index (χ2n) is 4.00. The van der Waals surface area contributed by atoms with E-state index < -0.39 is 5.97 Å². The van der Waals surface area contributed by atoms with Gasteiger partial charge in [-0.1, -0.05) is 23.7 Å². The molecule has 0 spiro atoms. The third-order valence-corrected chi connectivity index (χ3v) is 2.79. The number of rotatable bonds is 5. The highest BCUT2D eigenvalue weighted by Crippen LogP contribution is 2.29. The van der Waals surface area contributed by atoms with Gasteiger partial charge in [-0.15, -0.1) is 0 Å². The molecule has 1 atom stereocenters. The number of halogens is 1. The molecule has 1 rings (SSSR count). The lowest BCUT2D eigenvalue weighted by molar-refractivity contribution is -0.131. The lowest BCUT2D eigenvalue weighted by atomic mass is 10.1. The zero-order valence-corrected chi connectivity index (χ0v) is 11.3. The maximum atomic E-state index is 10.6. The molecule has 5 heteroatoms. The fourth-order valence-electron chi connectivity index (χ4n) is 1.62. The van der Waals surface area contributed by atoms with Gasteiger partial charge >= 0.3 is 5.97 Å². The molecule has 0 aromatic heterocycles.